The van der Waals surface area contributed by atoms with Crippen molar-refractivity contribution >= 4 is 5.91 Å². The van der Waals surface area contributed by atoms with Crippen LogP contribution in [0.15, 0.2) is 71.7 Å². The van der Waals surface area contributed by atoms with Crippen LogP contribution in [0, 0.1) is 0 Å². The highest BCUT2D eigenvalue weighted by atomic mass is 16.2. The molecule has 148 valence electrons. The molecule has 1 aliphatic rings. The summed E-state index contributed by atoms with van der Waals surface area (Å²) in [4.78, 5) is 33.5. The Hall–Kier alpha value is -3.32. The maximum Gasteiger partial charge on any atom is 0.274 e. The van der Waals surface area contributed by atoms with Gasteiger partial charge in [0.05, 0.1) is 12.2 Å². The van der Waals surface area contributed by atoms with Gasteiger partial charge in [0.1, 0.15) is 5.69 Å². The molecule has 0 saturated carbocycles. The molecule has 1 aromatic carbocycles. The molecule has 0 aliphatic carbocycles. The summed E-state index contributed by atoms with van der Waals surface area (Å²) in [6.45, 7) is 3.95. The Labute approximate surface area is 169 Å². The first-order valence-electron chi connectivity index (χ1n) is 9.73. The molecule has 7 heteroatoms. The monoisotopic (exact) mass is 389 g/mol. The molecular weight excluding hydrogens is 366 g/mol. The fraction of sp³-hybridized carbons (Fsp3) is 0.273. The quantitative estimate of drug-likeness (QED) is 0.664. The first-order chi connectivity index (χ1) is 14.2. The minimum Gasteiger partial charge on any atom is -0.335 e. The van der Waals surface area contributed by atoms with Gasteiger partial charge in [-0.05, 0) is 23.8 Å². The van der Waals surface area contributed by atoms with Crippen molar-refractivity contribution in [1.29, 1.82) is 0 Å². The first kappa shape index (κ1) is 19.0. The van der Waals surface area contributed by atoms with E-state index in [0.29, 0.717) is 25.3 Å². The van der Waals surface area contributed by atoms with Gasteiger partial charge in [0, 0.05) is 45.0 Å². The van der Waals surface area contributed by atoms with Crippen molar-refractivity contribution in [2.45, 2.75) is 13.1 Å². The van der Waals surface area contributed by atoms with E-state index in [-0.39, 0.29) is 11.5 Å². The van der Waals surface area contributed by atoms with Gasteiger partial charge in [0.25, 0.3) is 11.5 Å². The van der Waals surface area contributed by atoms with Gasteiger partial charge < -0.3 is 4.90 Å². The zero-order valence-electron chi connectivity index (χ0n) is 16.1. The predicted molar refractivity (Wildman–Crippen MR) is 109 cm³/mol. The summed E-state index contributed by atoms with van der Waals surface area (Å²) in [6.07, 6.45) is 1.80. The number of hydrogen-bond acceptors (Lipinski definition) is 5. The highest BCUT2D eigenvalue weighted by Crippen LogP contribution is 2.09. The molecule has 1 amide bonds. The lowest BCUT2D eigenvalue weighted by atomic mass is 10.2. The Morgan fingerprint density at radius 1 is 0.862 bits per heavy atom. The molecule has 0 unspecified atom stereocenters. The summed E-state index contributed by atoms with van der Waals surface area (Å²) in [6, 6.07) is 18.5. The van der Waals surface area contributed by atoms with E-state index in [1.54, 1.807) is 11.1 Å². The summed E-state index contributed by atoms with van der Waals surface area (Å²) in [5.74, 6) is -0.135. The standard InChI is InChI=1S/C22H23N5O2/c28-21-10-9-20(24-27(21)16-18-6-2-1-3-7-18)22(29)26-14-12-25(13-15-26)17-19-8-4-5-11-23-19/h1-11H,12-17H2. The second-order valence-electron chi connectivity index (χ2n) is 7.09. The third-order valence-electron chi connectivity index (χ3n) is 5.03. The van der Waals surface area contributed by atoms with Crippen LogP contribution in [0.1, 0.15) is 21.7 Å². The molecule has 29 heavy (non-hydrogen) atoms. The van der Waals surface area contributed by atoms with Crippen molar-refractivity contribution < 1.29 is 4.79 Å². The van der Waals surface area contributed by atoms with Crippen molar-refractivity contribution in [3.05, 3.63) is 94.2 Å². The summed E-state index contributed by atoms with van der Waals surface area (Å²) < 4.78 is 1.35. The second-order valence-corrected chi connectivity index (χ2v) is 7.09. The highest BCUT2D eigenvalue weighted by molar-refractivity contribution is 5.92. The molecule has 4 rings (SSSR count). The topological polar surface area (TPSA) is 71.3 Å². The average Bonchev–Trinajstić information content (AvgIpc) is 2.77. The van der Waals surface area contributed by atoms with Gasteiger partial charge in [0.2, 0.25) is 0 Å². The lowest BCUT2D eigenvalue weighted by molar-refractivity contribution is 0.0618. The average molecular weight is 389 g/mol. The van der Waals surface area contributed by atoms with E-state index in [1.165, 1.54) is 16.8 Å². The maximum atomic E-state index is 12.9. The van der Waals surface area contributed by atoms with Crippen LogP contribution in [0.3, 0.4) is 0 Å². The van der Waals surface area contributed by atoms with E-state index < -0.39 is 0 Å². The van der Waals surface area contributed by atoms with Crippen molar-refractivity contribution in [3.8, 4) is 0 Å². The number of carbonyl (C=O) groups excluding carboxylic acids is 1. The summed E-state index contributed by atoms with van der Waals surface area (Å²) in [5.41, 5.74) is 2.08. The molecule has 0 N–H and O–H groups in total. The van der Waals surface area contributed by atoms with Crippen LogP contribution in [-0.2, 0) is 13.1 Å². The van der Waals surface area contributed by atoms with Crippen molar-refractivity contribution in [2.24, 2.45) is 0 Å². The number of nitrogens with zero attached hydrogens (tertiary/aromatic N) is 5. The van der Waals surface area contributed by atoms with Gasteiger partial charge >= 0.3 is 0 Å². The Morgan fingerprint density at radius 3 is 2.34 bits per heavy atom. The Kier molecular flexibility index (Phi) is 5.76. The molecule has 7 nitrogen and oxygen atoms in total. The second kappa shape index (κ2) is 8.79. The molecule has 3 aromatic rings. The van der Waals surface area contributed by atoms with Crippen LogP contribution in [-0.4, -0.2) is 56.7 Å². The van der Waals surface area contributed by atoms with Crippen LogP contribution in [0.25, 0.3) is 0 Å². The Morgan fingerprint density at radius 2 is 1.62 bits per heavy atom. The van der Waals surface area contributed by atoms with Crippen molar-refractivity contribution in [2.75, 3.05) is 26.2 Å². The van der Waals surface area contributed by atoms with Gasteiger partial charge in [-0.3, -0.25) is 19.5 Å². The van der Waals surface area contributed by atoms with Crippen molar-refractivity contribution in [3.63, 3.8) is 0 Å². The predicted octanol–water partition coefficient (Wildman–Crippen LogP) is 1.64. The molecule has 0 spiro atoms. The fourth-order valence-corrected chi connectivity index (χ4v) is 3.42. The molecule has 0 radical (unpaired) electrons. The van der Waals surface area contributed by atoms with Gasteiger partial charge in [-0.2, -0.15) is 5.10 Å². The van der Waals surface area contributed by atoms with Gasteiger partial charge in [-0.25, -0.2) is 4.68 Å². The Balaban J connectivity index is 1.40. The third-order valence-corrected chi connectivity index (χ3v) is 5.03. The number of rotatable bonds is 5. The van der Waals surface area contributed by atoms with Crippen molar-refractivity contribution in [1.82, 2.24) is 24.6 Å². The molecule has 1 fully saturated rings. The Bertz CT molecular complexity index is 1010. The molecule has 0 bridgehead atoms. The number of aromatic nitrogens is 3. The van der Waals surface area contributed by atoms with Crippen LogP contribution in [0.5, 0.6) is 0 Å². The van der Waals surface area contributed by atoms with Gasteiger partial charge in [0.15, 0.2) is 0 Å². The molecular formula is C22H23N5O2. The highest BCUT2D eigenvalue weighted by Gasteiger charge is 2.23. The van der Waals surface area contributed by atoms with E-state index >= 15 is 0 Å². The van der Waals surface area contributed by atoms with Gasteiger partial charge in [-0.1, -0.05) is 36.4 Å². The summed E-state index contributed by atoms with van der Waals surface area (Å²) in [7, 11) is 0. The third kappa shape index (κ3) is 4.75. The minimum absolute atomic E-state index is 0.135. The number of hydrogen-bond donors (Lipinski definition) is 0. The minimum atomic E-state index is -0.217. The first-order valence-corrected chi connectivity index (χ1v) is 9.73. The number of benzene rings is 1. The number of carbonyl (C=O) groups is 1. The zero-order valence-corrected chi connectivity index (χ0v) is 16.1. The lowest BCUT2D eigenvalue weighted by Gasteiger charge is -2.34. The fourth-order valence-electron chi connectivity index (χ4n) is 3.42. The van der Waals surface area contributed by atoms with Crippen LogP contribution in [0.4, 0.5) is 0 Å². The summed E-state index contributed by atoms with van der Waals surface area (Å²) in [5, 5.41) is 4.32. The SMILES string of the molecule is O=C(c1ccc(=O)n(Cc2ccccc2)n1)N1CCN(Cc2ccccn2)CC1. The smallest absolute Gasteiger partial charge is 0.274 e. The molecule has 0 atom stereocenters. The molecule has 3 heterocycles. The molecule has 1 aliphatic heterocycles. The van der Waals surface area contributed by atoms with Gasteiger partial charge in [-0.15, -0.1) is 0 Å². The van der Waals surface area contributed by atoms with Crippen LogP contribution >= 0.6 is 0 Å². The maximum absolute atomic E-state index is 12.9. The summed E-state index contributed by atoms with van der Waals surface area (Å²) >= 11 is 0. The number of amides is 1. The van der Waals surface area contributed by atoms with Crippen LogP contribution < -0.4 is 5.56 Å². The lowest BCUT2D eigenvalue weighted by Crippen LogP contribution is -2.48. The number of pyridine rings is 1. The number of piperazine rings is 1. The van der Waals surface area contributed by atoms with E-state index in [9.17, 15) is 9.59 Å². The normalized spacial score (nSPS) is 14.7. The van der Waals surface area contributed by atoms with E-state index in [4.69, 9.17) is 0 Å². The van der Waals surface area contributed by atoms with E-state index in [2.05, 4.69) is 15.0 Å². The largest absolute Gasteiger partial charge is 0.335 e. The zero-order chi connectivity index (χ0) is 20.1. The molecule has 1 saturated heterocycles. The van der Waals surface area contributed by atoms with Crippen LogP contribution in [0.2, 0.25) is 0 Å². The van der Waals surface area contributed by atoms with E-state index in [1.807, 2.05) is 48.5 Å². The van der Waals surface area contributed by atoms with E-state index in [0.717, 1.165) is 30.9 Å². The molecule has 2 aromatic heterocycles.